The smallest absolute Gasteiger partial charge is 0.746 e. The summed E-state index contributed by atoms with van der Waals surface area (Å²) in [5.74, 6) is -0.586. The fourth-order valence-electron chi connectivity index (χ4n) is 1.00. The predicted molar refractivity (Wildman–Crippen MR) is 47.8 cm³/mol. The maximum absolute atomic E-state index is 11.8. The maximum atomic E-state index is 11.8. The van der Waals surface area contributed by atoms with Crippen molar-refractivity contribution >= 4 is 10.1 Å². The van der Waals surface area contributed by atoms with E-state index in [0.717, 1.165) is 24.3 Å². The SMILES string of the molecule is O=S(=O)([O-])C(O)c1ccc(OC(F)(F)F)cc1.[Na+]. The van der Waals surface area contributed by atoms with Crippen LogP contribution in [0, 0.1) is 0 Å². The average molecular weight is 294 g/mol. The van der Waals surface area contributed by atoms with Crippen molar-refractivity contribution in [1.29, 1.82) is 0 Å². The molecule has 0 aromatic heterocycles. The van der Waals surface area contributed by atoms with E-state index in [2.05, 4.69) is 4.74 Å². The molecule has 0 fully saturated rings. The number of halogens is 3. The molecule has 1 N–H and O–H groups in total. The van der Waals surface area contributed by atoms with Gasteiger partial charge >= 0.3 is 35.9 Å². The van der Waals surface area contributed by atoms with Crippen molar-refractivity contribution in [1.82, 2.24) is 0 Å². The minimum Gasteiger partial charge on any atom is -0.746 e. The van der Waals surface area contributed by atoms with Crippen molar-refractivity contribution in [3.63, 3.8) is 0 Å². The number of benzene rings is 1. The zero-order chi connectivity index (χ0) is 13.3. The van der Waals surface area contributed by atoms with E-state index < -0.39 is 27.7 Å². The first-order chi connectivity index (χ1) is 7.59. The van der Waals surface area contributed by atoms with E-state index in [-0.39, 0.29) is 35.1 Å². The van der Waals surface area contributed by atoms with E-state index in [1.165, 1.54) is 0 Å². The van der Waals surface area contributed by atoms with Gasteiger partial charge in [-0.2, -0.15) is 0 Å². The number of alkyl halides is 3. The Kier molecular flexibility index (Phi) is 6.11. The van der Waals surface area contributed by atoms with Gasteiger partial charge in [0.15, 0.2) is 5.44 Å². The van der Waals surface area contributed by atoms with Crippen LogP contribution in [-0.2, 0) is 10.1 Å². The van der Waals surface area contributed by atoms with Gasteiger partial charge in [-0.05, 0) is 17.7 Å². The molecule has 1 rings (SSSR count). The Bertz CT molecular complexity index is 484. The summed E-state index contributed by atoms with van der Waals surface area (Å²) in [5, 5.41) is 9.02. The molecule has 1 unspecified atom stereocenters. The molecule has 18 heavy (non-hydrogen) atoms. The standard InChI is InChI=1S/C8H7F3O5S.Na/c9-8(10,11)16-6-3-1-5(2-4-6)7(12)17(13,14)15;/h1-4,7,12H,(H,13,14,15);/q;+1/p-1. The summed E-state index contributed by atoms with van der Waals surface area (Å²) in [6.07, 6.45) is -4.87. The normalized spacial score (nSPS) is 13.6. The summed E-state index contributed by atoms with van der Waals surface area (Å²) in [6.45, 7) is 0. The third-order valence-corrected chi connectivity index (χ3v) is 2.49. The molecular weight excluding hydrogens is 288 g/mol. The average Bonchev–Trinajstić information content (AvgIpc) is 2.14. The van der Waals surface area contributed by atoms with Crippen LogP contribution in [0.25, 0.3) is 0 Å². The Hall–Kier alpha value is -0.320. The summed E-state index contributed by atoms with van der Waals surface area (Å²) in [4.78, 5) is 0. The summed E-state index contributed by atoms with van der Waals surface area (Å²) in [6, 6.07) is 3.27. The number of aliphatic hydroxyl groups is 1. The molecule has 0 heterocycles. The van der Waals surface area contributed by atoms with Gasteiger partial charge in [-0.3, -0.25) is 0 Å². The number of aliphatic hydroxyl groups excluding tert-OH is 1. The van der Waals surface area contributed by atoms with E-state index in [4.69, 9.17) is 5.11 Å². The monoisotopic (exact) mass is 294 g/mol. The molecule has 0 saturated heterocycles. The second-order valence-corrected chi connectivity index (χ2v) is 4.39. The van der Waals surface area contributed by atoms with Crippen molar-refractivity contribution < 1.29 is 65.5 Å². The second-order valence-electron chi connectivity index (χ2n) is 2.96. The van der Waals surface area contributed by atoms with Crippen molar-refractivity contribution in [2.45, 2.75) is 11.8 Å². The first kappa shape index (κ1) is 17.7. The van der Waals surface area contributed by atoms with Crippen LogP contribution in [0.4, 0.5) is 13.2 Å². The van der Waals surface area contributed by atoms with Crippen molar-refractivity contribution in [2.75, 3.05) is 0 Å². The first-order valence-electron chi connectivity index (χ1n) is 4.08. The molecule has 0 aliphatic rings. The van der Waals surface area contributed by atoms with Gasteiger partial charge < -0.3 is 14.4 Å². The molecule has 96 valence electrons. The molecule has 1 aromatic rings. The molecule has 0 bridgehead atoms. The van der Waals surface area contributed by atoms with E-state index in [1.807, 2.05) is 0 Å². The molecule has 1 aromatic carbocycles. The molecule has 1 atom stereocenters. The summed E-state index contributed by atoms with van der Waals surface area (Å²) in [5.41, 5.74) is -2.66. The molecular formula is C8H6F3NaO5S. The maximum Gasteiger partial charge on any atom is 1.00 e. The van der Waals surface area contributed by atoms with Gasteiger partial charge in [-0.15, -0.1) is 13.2 Å². The zero-order valence-corrected chi connectivity index (χ0v) is 11.8. The van der Waals surface area contributed by atoms with Crippen LogP contribution in [0.2, 0.25) is 0 Å². The third-order valence-electron chi connectivity index (χ3n) is 1.67. The summed E-state index contributed by atoms with van der Waals surface area (Å²) < 4.78 is 70.1. The minimum atomic E-state index is -4.96. The third kappa shape index (κ3) is 5.55. The van der Waals surface area contributed by atoms with Crippen LogP contribution in [0.5, 0.6) is 5.75 Å². The van der Waals surface area contributed by atoms with Crippen LogP contribution >= 0.6 is 0 Å². The largest absolute Gasteiger partial charge is 1.00 e. The zero-order valence-electron chi connectivity index (χ0n) is 9.01. The van der Waals surface area contributed by atoms with Crippen LogP contribution in [0.15, 0.2) is 24.3 Å². The topological polar surface area (TPSA) is 86.7 Å². The van der Waals surface area contributed by atoms with Crippen molar-refractivity contribution in [3.8, 4) is 5.75 Å². The second kappa shape index (κ2) is 6.22. The molecule has 0 spiro atoms. The van der Waals surface area contributed by atoms with E-state index in [9.17, 15) is 26.1 Å². The van der Waals surface area contributed by atoms with Gasteiger partial charge in [-0.25, -0.2) is 8.42 Å². The van der Waals surface area contributed by atoms with Crippen LogP contribution < -0.4 is 34.3 Å². The van der Waals surface area contributed by atoms with Crippen molar-refractivity contribution in [3.05, 3.63) is 29.8 Å². The molecule has 0 radical (unpaired) electrons. The van der Waals surface area contributed by atoms with Crippen LogP contribution in [0.1, 0.15) is 11.0 Å². The summed E-state index contributed by atoms with van der Waals surface area (Å²) >= 11 is 0. The molecule has 0 saturated carbocycles. The van der Waals surface area contributed by atoms with Crippen LogP contribution in [0.3, 0.4) is 0 Å². The van der Waals surface area contributed by atoms with Gasteiger partial charge in [-0.1, -0.05) is 12.1 Å². The summed E-state index contributed by atoms with van der Waals surface area (Å²) in [7, 11) is -4.96. The van der Waals surface area contributed by atoms with Gasteiger partial charge in [0.2, 0.25) is 0 Å². The Morgan fingerprint density at radius 2 is 1.67 bits per heavy atom. The number of rotatable bonds is 3. The van der Waals surface area contributed by atoms with E-state index in [0.29, 0.717) is 0 Å². The number of hydrogen-bond donors (Lipinski definition) is 1. The quantitative estimate of drug-likeness (QED) is 0.521. The van der Waals surface area contributed by atoms with E-state index >= 15 is 0 Å². The molecule has 0 aliphatic carbocycles. The molecule has 5 nitrogen and oxygen atoms in total. The molecule has 10 heteroatoms. The number of ether oxygens (including phenoxy) is 1. The van der Waals surface area contributed by atoms with Gasteiger partial charge in [0.1, 0.15) is 15.9 Å². The first-order valence-corrected chi connectivity index (χ1v) is 5.55. The van der Waals surface area contributed by atoms with Gasteiger partial charge in [0, 0.05) is 0 Å². The van der Waals surface area contributed by atoms with Gasteiger partial charge in [0.25, 0.3) is 0 Å². The fourth-order valence-corrected chi connectivity index (χ4v) is 1.49. The molecule has 0 amide bonds. The van der Waals surface area contributed by atoms with Crippen molar-refractivity contribution in [2.24, 2.45) is 0 Å². The van der Waals surface area contributed by atoms with E-state index in [1.54, 1.807) is 0 Å². The Morgan fingerprint density at radius 1 is 1.22 bits per heavy atom. The Labute approximate surface area is 123 Å². The molecule has 0 aliphatic heterocycles. The Morgan fingerprint density at radius 3 is 2.00 bits per heavy atom. The fraction of sp³-hybridized carbons (Fsp3) is 0.250. The number of hydrogen-bond acceptors (Lipinski definition) is 5. The van der Waals surface area contributed by atoms with Gasteiger partial charge in [0.05, 0.1) is 0 Å². The predicted octanol–water partition coefficient (Wildman–Crippen LogP) is -1.87. The Balaban J connectivity index is 0.00000289. The minimum absolute atomic E-state index is 0. The van der Waals surface area contributed by atoms with Crippen LogP contribution in [-0.4, -0.2) is 24.4 Å².